The van der Waals surface area contributed by atoms with Crippen LogP contribution in [0.5, 0.6) is 0 Å². The van der Waals surface area contributed by atoms with E-state index in [-0.39, 0.29) is 0 Å². The molecular formula is C8H16N4. The quantitative estimate of drug-likeness (QED) is 0.674. The molecule has 0 saturated heterocycles. The van der Waals surface area contributed by atoms with Crippen molar-refractivity contribution in [2.45, 2.75) is 20.3 Å². The third-order valence-corrected chi connectivity index (χ3v) is 1.97. The standard InChI is InChI=1S/C8H16N4/c1-5-6-11(3)8-10-9-7(2)12(8)4/h5-6H2,1-4H3. The number of aryl methyl sites for hydroxylation is 1. The van der Waals surface area contributed by atoms with Crippen LogP contribution in [0.1, 0.15) is 19.2 Å². The molecular weight excluding hydrogens is 152 g/mol. The molecule has 0 fully saturated rings. The van der Waals surface area contributed by atoms with Crippen LogP contribution in [0.4, 0.5) is 5.95 Å². The maximum Gasteiger partial charge on any atom is 0.226 e. The molecule has 0 radical (unpaired) electrons. The summed E-state index contributed by atoms with van der Waals surface area (Å²) in [4.78, 5) is 2.11. The number of anilines is 1. The molecule has 0 spiro atoms. The fourth-order valence-electron chi connectivity index (χ4n) is 1.16. The van der Waals surface area contributed by atoms with E-state index >= 15 is 0 Å². The highest BCUT2D eigenvalue weighted by Crippen LogP contribution is 2.08. The zero-order chi connectivity index (χ0) is 9.14. The first-order valence-electron chi connectivity index (χ1n) is 4.24. The van der Waals surface area contributed by atoms with Gasteiger partial charge in [0.05, 0.1) is 0 Å². The lowest BCUT2D eigenvalue weighted by Gasteiger charge is -2.15. The highest BCUT2D eigenvalue weighted by molar-refractivity contribution is 5.28. The Kier molecular flexibility index (Phi) is 2.68. The van der Waals surface area contributed by atoms with Crippen LogP contribution in [-0.4, -0.2) is 28.4 Å². The fourth-order valence-corrected chi connectivity index (χ4v) is 1.16. The second-order valence-electron chi connectivity index (χ2n) is 3.03. The summed E-state index contributed by atoms with van der Waals surface area (Å²) in [7, 11) is 4.02. The van der Waals surface area contributed by atoms with E-state index in [0.717, 1.165) is 24.7 Å². The minimum absolute atomic E-state index is 0.939. The molecule has 0 aliphatic carbocycles. The van der Waals surface area contributed by atoms with E-state index in [2.05, 4.69) is 22.0 Å². The third kappa shape index (κ3) is 1.57. The van der Waals surface area contributed by atoms with Crippen LogP contribution in [0.25, 0.3) is 0 Å². The van der Waals surface area contributed by atoms with Crippen LogP contribution in [0, 0.1) is 6.92 Å². The Bertz CT molecular complexity index is 254. The van der Waals surface area contributed by atoms with Gasteiger partial charge in [-0.3, -0.25) is 0 Å². The molecule has 68 valence electrons. The molecule has 1 aromatic heterocycles. The van der Waals surface area contributed by atoms with Gasteiger partial charge in [0.25, 0.3) is 0 Å². The van der Waals surface area contributed by atoms with Gasteiger partial charge in [-0.05, 0) is 13.3 Å². The lowest BCUT2D eigenvalue weighted by atomic mass is 10.4. The molecule has 0 bridgehead atoms. The van der Waals surface area contributed by atoms with Crippen molar-refractivity contribution in [1.29, 1.82) is 0 Å². The Balaban J connectivity index is 2.80. The molecule has 1 rings (SSSR count). The van der Waals surface area contributed by atoms with Crippen LogP contribution >= 0.6 is 0 Å². The Hall–Kier alpha value is -1.06. The maximum atomic E-state index is 4.07. The summed E-state index contributed by atoms with van der Waals surface area (Å²) in [5.41, 5.74) is 0. The molecule has 0 aromatic carbocycles. The largest absolute Gasteiger partial charge is 0.344 e. The van der Waals surface area contributed by atoms with Crippen molar-refractivity contribution in [2.24, 2.45) is 7.05 Å². The zero-order valence-corrected chi connectivity index (χ0v) is 8.20. The average Bonchev–Trinajstić information content (AvgIpc) is 2.34. The van der Waals surface area contributed by atoms with Crippen LogP contribution in [0.15, 0.2) is 0 Å². The smallest absolute Gasteiger partial charge is 0.226 e. The summed E-state index contributed by atoms with van der Waals surface area (Å²) in [5, 5.41) is 8.06. The van der Waals surface area contributed by atoms with Crippen LogP contribution in [0.2, 0.25) is 0 Å². The minimum atomic E-state index is 0.939. The number of hydrogen-bond donors (Lipinski definition) is 0. The number of rotatable bonds is 3. The normalized spacial score (nSPS) is 10.3. The molecule has 1 heterocycles. The van der Waals surface area contributed by atoms with E-state index in [1.54, 1.807) is 0 Å². The van der Waals surface area contributed by atoms with Crippen molar-refractivity contribution < 1.29 is 0 Å². The molecule has 0 N–H and O–H groups in total. The number of nitrogens with zero attached hydrogens (tertiary/aromatic N) is 4. The van der Waals surface area contributed by atoms with Gasteiger partial charge in [-0.15, -0.1) is 10.2 Å². The summed E-state index contributed by atoms with van der Waals surface area (Å²) in [6.07, 6.45) is 1.13. The van der Waals surface area contributed by atoms with Crippen molar-refractivity contribution in [3.8, 4) is 0 Å². The molecule has 0 aliphatic heterocycles. The van der Waals surface area contributed by atoms with Crippen LogP contribution in [0.3, 0.4) is 0 Å². The Morgan fingerprint density at radius 2 is 2.08 bits per heavy atom. The molecule has 0 aliphatic rings. The second kappa shape index (κ2) is 3.56. The molecule has 12 heavy (non-hydrogen) atoms. The van der Waals surface area contributed by atoms with Crippen molar-refractivity contribution in [3.63, 3.8) is 0 Å². The summed E-state index contributed by atoms with van der Waals surface area (Å²) >= 11 is 0. The fraction of sp³-hybridized carbons (Fsp3) is 0.750. The Morgan fingerprint density at radius 1 is 1.42 bits per heavy atom. The van der Waals surface area contributed by atoms with Gasteiger partial charge in [-0.1, -0.05) is 6.92 Å². The van der Waals surface area contributed by atoms with E-state index < -0.39 is 0 Å². The third-order valence-electron chi connectivity index (χ3n) is 1.97. The van der Waals surface area contributed by atoms with Gasteiger partial charge >= 0.3 is 0 Å². The lowest BCUT2D eigenvalue weighted by molar-refractivity contribution is 0.770. The predicted molar refractivity (Wildman–Crippen MR) is 49.3 cm³/mol. The maximum absolute atomic E-state index is 4.07. The number of aromatic nitrogens is 3. The summed E-state index contributed by atoms with van der Waals surface area (Å²) < 4.78 is 2.00. The van der Waals surface area contributed by atoms with Gasteiger partial charge in [-0.25, -0.2) is 0 Å². The summed E-state index contributed by atoms with van der Waals surface area (Å²) in [5.74, 6) is 1.89. The van der Waals surface area contributed by atoms with Crippen molar-refractivity contribution in [3.05, 3.63) is 5.82 Å². The molecule has 1 aromatic rings. The van der Waals surface area contributed by atoms with Gasteiger partial charge in [0, 0.05) is 20.6 Å². The summed E-state index contributed by atoms with van der Waals surface area (Å²) in [6.45, 7) is 5.13. The Morgan fingerprint density at radius 3 is 2.50 bits per heavy atom. The van der Waals surface area contributed by atoms with E-state index in [0.29, 0.717) is 0 Å². The Labute approximate surface area is 73.2 Å². The molecule has 0 unspecified atom stereocenters. The van der Waals surface area contributed by atoms with Crippen molar-refractivity contribution in [1.82, 2.24) is 14.8 Å². The summed E-state index contributed by atoms with van der Waals surface area (Å²) in [6, 6.07) is 0. The van der Waals surface area contributed by atoms with E-state index in [4.69, 9.17) is 0 Å². The van der Waals surface area contributed by atoms with Crippen LogP contribution in [-0.2, 0) is 7.05 Å². The highest BCUT2D eigenvalue weighted by atomic mass is 15.4. The van der Waals surface area contributed by atoms with Crippen molar-refractivity contribution >= 4 is 5.95 Å². The van der Waals surface area contributed by atoms with Crippen LogP contribution < -0.4 is 4.90 Å². The van der Waals surface area contributed by atoms with E-state index in [1.165, 1.54) is 0 Å². The van der Waals surface area contributed by atoms with Crippen molar-refractivity contribution in [2.75, 3.05) is 18.5 Å². The average molecular weight is 168 g/mol. The van der Waals surface area contributed by atoms with E-state index in [1.807, 2.05) is 25.6 Å². The first-order valence-corrected chi connectivity index (χ1v) is 4.24. The van der Waals surface area contributed by atoms with Gasteiger partial charge in [0.1, 0.15) is 5.82 Å². The second-order valence-corrected chi connectivity index (χ2v) is 3.03. The monoisotopic (exact) mass is 168 g/mol. The van der Waals surface area contributed by atoms with Gasteiger partial charge in [0.2, 0.25) is 5.95 Å². The molecule has 0 atom stereocenters. The van der Waals surface area contributed by atoms with Gasteiger partial charge in [0.15, 0.2) is 0 Å². The zero-order valence-electron chi connectivity index (χ0n) is 8.20. The molecule has 0 amide bonds. The highest BCUT2D eigenvalue weighted by Gasteiger charge is 2.07. The number of hydrogen-bond acceptors (Lipinski definition) is 3. The molecule has 4 nitrogen and oxygen atoms in total. The predicted octanol–water partition coefficient (Wildman–Crippen LogP) is 0.970. The SMILES string of the molecule is CCCN(C)c1nnc(C)n1C. The topological polar surface area (TPSA) is 34.0 Å². The minimum Gasteiger partial charge on any atom is -0.344 e. The van der Waals surface area contributed by atoms with Gasteiger partial charge < -0.3 is 9.47 Å². The van der Waals surface area contributed by atoms with Gasteiger partial charge in [-0.2, -0.15) is 0 Å². The molecule has 0 saturated carbocycles. The first-order chi connectivity index (χ1) is 5.66. The first kappa shape index (κ1) is 9.03. The lowest BCUT2D eigenvalue weighted by Crippen LogP contribution is -2.21. The molecule has 4 heteroatoms. The van der Waals surface area contributed by atoms with E-state index in [9.17, 15) is 0 Å².